The number of hydrogen-bond acceptors (Lipinski definition) is 6. The highest BCUT2D eigenvalue weighted by atomic mass is 32.2. The summed E-state index contributed by atoms with van der Waals surface area (Å²) in [7, 11) is -1.63. The van der Waals surface area contributed by atoms with Crippen molar-refractivity contribution in [3.63, 3.8) is 0 Å². The fourth-order valence-electron chi connectivity index (χ4n) is 0.898. The highest BCUT2D eigenvalue weighted by Crippen LogP contribution is 2.31. The molecule has 0 aliphatic carbocycles. The third-order valence-electron chi connectivity index (χ3n) is 1.59. The van der Waals surface area contributed by atoms with Crippen molar-refractivity contribution in [2.24, 2.45) is 0 Å². The van der Waals surface area contributed by atoms with Crippen LogP contribution in [0.5, 0.6) is 0 Å². The van der Waals surface area contributed by atoms with Gasteiger partial charge in [-0.1, -0.05) is 6.92 Å². The molecule has 0 bridgehead atoms. The number of nitrogens with one attached hydrogen (secondary N) is 1. The molecule has 0 unspecified atom stereocenters. The van der Waals surface area contributed by atoms with Gasteiger partial charge in [-0.25, -0.2) is 8.42 Å². The monoisotopic (exact) mass is 221 g/mol. The average molecular weight is 221 g/mol. The van der Waals surface area contributed by atoms with E-state index < -0.39 is 9.84 Å². The van der Waals surface area contributed by atoms with Gasteiger partial charge in [0, 0.05) is 7.05 Å². The van der Waals surface area contributed by atoms with E-state index in [9.17, 15) is 8.42 Å². The summed E-state index contributed by atoms with van der Waals surface area (Å²) in [5.41, 5.74) is 5.46. The Hall–Kier alpha value is -0.820. The van der Waals surface area contributed by atoms with Crippen LogP contribution in [-0.2, 0) is 9.84 Å². The zero-order valence-electron chi connectivity index (χ0n) is 7.36. The van der Waals surface area contributed by atoms with E-state index in [0.29, 0.717) is 5.00 Å². The summed E-state index contributed by atoms with van der Waals surface area (Å²) in [6, 6.07) is 0. The second-order valence-electron chi connectivity index (χ2n) is 2.38. The number of aromatic nitrogens is 1. The number of rotatable bonds is 3. The third-order valence-corrected chi connectivity index (χ3v) is 4.40. The highest BCUT2D eigenvalue weighted by Gasteiger charge is 2.22. The van der Waals surface area contributed by atoms with E-state index >= 15 is 0 Å². The van der Waals surface area contributed by atoms with Gasteiger partial charge < -0.3 is 11.1 Å². The van der Waals surface area contributed by atoms with E-state index in [1.54, 1.807) is 14.0 Å². The normalized spacial score (nSPS) is 11.5. The lowest BCUT2D eigenvalue weighted by Crippen LogP contribution is -2.07. The lowest BCUT2D eigenvalue weighted by atomic mass is 10.6. The van der Waals surface area contributed by atoms with Gasteiger partial charge in [0.1, 0.15) is 9.90 Å². The minimum absolute atomic E-state index is 0.0320. The lowest BCUT2D eigenvalue weighted by Gasteiger charge is -2.01. The SMILES string of the molecule is CCS(=O)(=O)c1c(N)nsc1NC. The van der Waals surface area contributed by atoms with Crippen LogP contribution in [0.2, 0.25) is 0 Å². The van der Waals surface area contributed by atoms with Crippen molar-refractivity contribution in [2.75, 3.05) is 23.9 Å². The van der Waals surface area contributed by atoms with E-state index in [0.717, 1.165) is 11.5 Å². The van der Waals surface area contributed by atoms with Crippen LogP contribution in [0.4, 0.5) is 10.8 Å². The minimum atomic E-state index is -3.27. The van der Waals surface area contributed by atoms with Crippen LogP contribution in [0.1, 0.15) is 6.92 Å². The van der Waals surface area contributed by atoms with Crippen LogP contribution in [-0.4, -0.2) is 25.6 Å². The summed E-state index contributed by atoms with van der Waals surface area (Å²) in [5.74, 6) is 0.112. The van der Waals surface area contributed by atoms with Gasteiger partial charge >= 0.3 is 0 Å². The van der Waals surface area contributed by atoms with E-state index in [2.05, 4.69) is 9.69 Å². The lowest BCUT2D eigenvalue weighted by molar-refractivity contribution is 0.598. The molecule has 0 saturated heterocycles. The third kappa shape index (κ3) is 1.75. The molecule has 0 aliphatic heterocycles. The van der Waals surface area contributed by atoms with Gasteiger partial charge in [0.25, 0.3) is 0 Å². The molecule has 0 atom stereocenters. The first-order chi connectivity index (χ1) is 6.03. The summed E-state index contributed by atoms with van der Waals surface area (Å²) in [5, 5.41) is 3.25. The van der Waals surface area contributed by atoms with Crippen LogP contribution >= 0.6 is 11.5 Å². The second-order valence-corrected chi connectivity index (χ2v) is 5.37. The van der Waals surface area contributed by atoms with Crippen molar-refractivity contribution in [1.29, 1.82) is 0 Å². The number of sulfone groups is 1. The molecule has 1 aromatic heterocycles. The molecule has 0 radical (unpaired) electrons. The van der Waals surface area contributed by atoms with Crippen molar-refractivity contribution in [3.8, 4) is 0 Å². The smallest absolute Gasteiger partial charge is 0.184 e. The number of anilines is 2. The van der Waals surface area contributed by atoms with Gasteiger partial charge in [-0.3, -0.25) is 0 Å². The Labute approximate surface area is 81.0 Å². The second kappa shape index (κ2) is 3.51. The summed E-state index contributed by atoms with van der Waals surface area (Å²) in [6.45, 7) is 1.58. The van der Waals surface area contributed by atoms with Crippen LogP contribution in [0.25, 0.3) is 0 Å². The van der Waals surface area contributed by atoms with E-state index in [1.807, 2.05) is 0 Å². The molecule has 13 heavy (non-hydrogen) atoms. The molecule has 1 rings (SSSR count). The standard InChI is InChI=1S/C6H11N3O2S2/c1-3-13(10,11)4-5(7)9-12-6(4)8-2/h8H,3H2,1-2H3,(H2,7,9). The summed E-state index contributed by atoms with van der Waals surface area (Å²) in [6.07, 6.45) is 0. The van der Waals surface area contributed by atoms with Crippen LogP contribution in [0.3, 0.4) is 0 Å². The average Bonchev–Trinajstić information content (AvgIpc) is 2.47. The maximum absolute atomic E-state index is 11.5. The molecule has 74 valence electrons. The first-order valence-electron chi connectivity index (χ1n) is 3.68. The Kier molecular flexibility index (Phi) is 2.77. The van der Waals surface area contributed by atoms with Crippen molar-refractivity contribution in [1.82, 2.24) is 4.37 Å². The van der Waals surface area contributed by atoms with Gasteiger partial charge in [0.05, 0.1) is 5.75 Å². The molecule has 3 N–H and O–H groups in total. The molecule has 0 saturated carbocycles. The maximum atomic E-state index is 11.5. The van der Waals surface area contributed by atoms with E-state index in [4.69, 9.17) is 5.73 Å². The molecular formula is C6H11N3O2S2. The largest absolute Gasteiger partial charge is 0.382 e. The number of nitrogens with zero attached hydrogens (tertiary/aromatic N) is 1. The zero-order valence-corrected chi connectivity index (χ0v) is 9.00. The van der Waals surface area contributed by atoms with Gasteiger partial charge in [-0.2, -0.15) is 4.37 Å². The minimum Gasteiger partial charge on any atom is -0.382 e. The predicted octanol–water partition coefficient (Wildman–Crippen LogP) is 0.561. The molecule has 0 aromatic carbocycles. The van der Waals surface area contributed by atoms with Crippen LogP contribution < -0.4 is 11.1 Å². The molecule has 5 nitrogen and oxygen atoms in total. The quantitative estimate of drug-likeness (QED) is 0.779. The summed E-state index contributed by atoms with van der Waals surface area (Å²) in [4.78, 5) is 0.127. The number of nitrogen functional groups attached to an aromatic ring is 1. The Balaban J connectivity index is 3.35. The Morgan fingerprint density at radius 2 is 2.23 bits per heavy atom. The topological polar surface area (TPSA) is 85.1 Å². The number of nitrogens with two attached hydrogens (primary N) is 1. The summed E-state index contributed by atoms with van der Waals surface area (Å²) < 4.78 is 26.8. The molecule has 0 spiro atoms. The van der Waals surface area contributed by atoms with Gasteiger partial charge in [0.15, 0.2) is 15.7 Å². The van der Waals surface area contributed by atoms with Crippen molar-refractivity contribution < 1.29 is 8.42 Å². The summed E-state index contributed by atoms with van der Waals surface area (Å²) >= 11 is 1.05. The van der Waals surface area contributed by atoms with Gasteiger partial charge in [-0.05, 0) is 11.5 Å². The number of hydrogen-bond donors (Lipinski definition) is 2. The first-order valence-corrected chi connectivity index (χ1v) is 6.11. The van der Waals surface area contributed by atoms with Gasteiger partial charge in [-0.15, -0.1) is 0 Å². The fraction of sp³-hybridized carbons (Fsp3) is 0.500. The van der Waals surface area contributed by atoms with Crippen molar-refractivity contribution in [3.05, 3.63) is 0 Å². The maximum Gasteiger partial charge on any atom is 0.184 e. The van der Waals surface area contributed by atoms with E-state index in [-0.39, 0.29) is 16.5 Å². The van der Waals surface area contributed by atoms with Gasteiger partial charge in [0.2, 0.25) is 0 Å². The first kappa shape index (κ1) is 10.3. The zero-order chi connectivity index (χ0) is 10.1. The fourth-order valence-corrected chi connectivity index (χ4v) is 3.05. The van der Waals surface area contributed by atoms with E-state index in [1.165, 1.54) is 0 Å². The van der Waals surface area contributed by atoms with Crippen molar-refractivity contribution in [2.45, 2.75) is 11.8 Å². The predicted molar refractivity (Wildman–Crippen MR) is 53.8 cm³/mol. The Morgan fingerprint density at radius 3 is 2.69 bits per heavy atom. The molecule has 1 aromatic rings. The highest BCUT2D eigenvalue weighted by molar-refractivity contribution is 7.91. The Bertz CT molecular complexity index is 396. The molecule has 0 aliphatic rings. The molecule has 0 fully saturated rings. The van der Waals surface area contributed by atoms with Crippen molar-refractivity contribution >= 4 is 32.2 Å². The molecule has 0 amide bonds. The van der Waals surface area contributed by atoms with Crippen LogP contribution in [0, 0.1) is 0 Å². The molecule has 1 heterocycles. The molecular weight excluding hydrogens is 210 g/mol. The van der Waals surface area contributed by atoms with Crippen LogP contribution in [0.15, 0.2) is 4.90 Å². The Morgan fingerprint density at radius 1 is 1.62 bits per heavy atom. The molecule has 7 heteroatoms.